The van der Waals surface area contributed by atoms with Gasteiger partial charge >= 0.3 is 0 Å². The summed E-state index contributed by atoms with van der Waals surface area (Å²) in [4.78, 5) is 15.9. The fourth-order valence-electron chi connectivity index (χ4n) is 2.04. The van der Waals surface area contributed by atoms with E-state index in [4.69, 9.17) is 9.15 Å². The van der Waals surface area contributed by atoms with Crippen LogP contribution < -0.4 is 10.1 Å². The van der Waals surface area contributed by atoms with Gasteiger partial charge in [-0.05, 0) is 42.0 Å². The summed E-state index contributed by atoms with van der Waals surface area (Å²) in [6.45, 7) is 0.404. The number of furan rings is 1. The van der Waals surface area contributed by atoms with Crippen molar-refractivity contribution < 1.29 is 13.9 Å². The van der Waals surface area contributed by atoms with E-state index in [1.807, 2.05) is 36.4 Å². The maximum Gasteiger partial charge on any atom is 0.244 e. The van der Waals surface area contributed by atoms with Gasteiger partial charge in [0.15, 0.2) is 0 Å². The zero-order valence-electron chi connectivity index (χ0n) is 12.9. The fourth-order valence-corrected chi connectivity index (χ4v) is 2.04. The molecule has 0 aliphatic heterocycles. The zero-order chi connectivity index (χ0) is 16.6. The van der Waals surface area contributed by atoms with Gasteiger partial charge in [0.2, 0.25) is 11.8 Å². The number of nitrogens with one attached hydrogen (secondary N) is 1. The molecular formula is C19H16N2O3. The maximum atomic E-state index is 11.8. The van der Waals surface area contributed by atoms with Gasteiger partial charge in [-0.1, -0.05) is 18.2 Å². The fraction of sp³-hybridized carbons (Fsp3) is 0.0526. The first-order chi connectivity index (χ1) is 11.8. The predicted octanol–water partition coefficient (Wildman–Crippen LogP) is 3.80. The van der Waals surface area contributed by atoms with Gasteiger partial charge in [-0.25, -0.2) is 4.98 Å². The number of nitrogens with zero attached hydrogens (tertiary/aromatic N) is 1. The number of pyridine rings is 1. The molecule has 5 heteroatoms. The van der Waals surface area contributed by atoms with Crippen LogP contribution >= 0.6 is 0 Å². The molecule has 24 heavy (non-hydrogen) atoms. The molecule has 1 N–H and O–H groups in total. The Bertz CT molecular complexity index is 812. The summed E-state index contributed by atoms with van der Waals surface area (Å²) >= 11 is 0. The lowest BCUT2D eigenvalue weighted by atomic mass is 10.2. The molecule has 0 fully saturated rings. The standard InChI is InChI=1S/C19H16N2O3/c22-18(10-9-16-7-4-12-23-16)21-14-15-5-3-6-17(13-15)24-19-8-1-2-11-20-19/h1-13H,14H2,(H,21,22)/b10-9+. The predicted molar refractivity (Wildman–Crippen MR) is 90.3 cm³/mol. The molecule has 0 aliphatic rings. The number of hydrogen-bond acceptors (Lipinski definition) is 4. The number of amides is 1. The third kappa shape index (κ3) is 4.58. The van der Waals surface area contributed by atoms with Crippen LogP contribution in [0.25, 0.3) is 6.08 Å². The molecule has 1 amide bonds. The van der Waals surface area contributed by atoms with Gasteiger partial charge in [0.25, 0.3) is 0 Å². The summed E-state index contributed by atoms with van der Waals surface area (Å²) in [5.41, 5.74) is 0.933. The largest absolute Gasteiger partial charge is 0.465 e. The van der Waals surface area contributed by atoms with E-state index in [0.717, 1.165) is 5.56 Å². The molecule has 0 saturated heterocycles. The molecule has 0 unspecified atom stereocenters. The number of carbonyl (C=O) groups excluding carboxylic acids is 1. The Kier molecular flexibility index (Phi) is 5.04. The molecule has 3 aromatic rings. The highest BCUT2D eigenvalue weighted by Crippen LogP contribution is 2.19. The van der Waals surface area contributed by atoms with Gasteiger partial charge in [-0.3, -0.25) is 4.79 Å². The molecule has 3 rings (SSSR count). The second kappa shape index (κ2) is 7.78. The molecule has 120 valence electrons. The van der Waals surface area contributed by atoms with E-state index >= 15 is 0 Å². The molecule has 0 atom stereocenters. The van der Waals surface area contributed by atoms with Crippen LogP contribution in [-0.2, 0) is 11.3 Å². The second-order valence-corrected chi connectivity index (χ2v) is 4.98. The molecule has 0 bridgehead atoms. The van der Waals surface area contributed by atoms with E-state index in [1.165, 1.54) is 6.08 Å². The highest BCUT2D eigenvalue weighted by atomic mass is 16.5. The molecule has 1 aromatic carbocycles. The Morgan fingerprint density at radius 1 is 1.17 bits per heavy atom. The topological polar surface area (TPSA) is 64.4 Å². The minimum Gasteiger partial charge on any atom is -0.465 e. The van der Waals surface area contributed by atoms with Crippen molar-refractivity contribution in [3.63, 3.8) is 0 Å². The normalized spacial score (nSPS) is 10.7. The van der Waals surface area contributed by atoms with Crippen molar-refractivity contribution in [2.45, 2.75) is 6.54 Å². The van der Waals surface area contributed by atoms with Crippen LogP contribution in [0, 0.1) is 0 Å². The number of aromatic nitrogens is 1. The van der Waals surface area contributed by atoms with Crippen LogP contribution in [0.2, 0.25) is 0 Å². The Hall–Kier alpha value is -3.34. The molecule has 2 aromatic heterocycles. The second-order valence-electron chi connectivity index (χ2n) is 4.98. The minimum atomic E-state index is -0.192. The van der Waals surface area contributed by atoms with E-state index in [9.17, 15) is 4.79 Å². The number of rotatable bonds is 6. The molecule has 0 saturated carbocycles. The monoisotopic (exact) mass is 320 g/mol. The van der Waals surface area contributed by atoms with Crippen LogP contribution in [-0.4, -0.2) is 10.9 Å². The van der Waals surface area contributed by atoms with Crippen LogP contribution in [0.3, 0.4) is 0 Å². The van der Waals surface area contributed by atoms with Crippen LogP contribution in [0.4, 0.5) is 0 Å². The van der Waals surface area contributed by atoms with E-state index in [2.05, 4.69) is 10.3 Å². The van der Waals surface area contributed by atoms with Gasteiger partial charge in [-0.2, -0.15) is 0 Å². The Balaban J connectivity index is 1.55. The third-order valence-corrected chi connectivity index (χ3v) is 3.17. The highest BCUT2D eigenvalue weighted by Gasteiger charge is 2.01. The van der Waals surface area contributed by atoms with Gasteiger partial charge in [0.05, 0.1) is 6.26 Å². The van der Waals surface area contributed by atoms with Crippen molar-refractivity contribution in [1.29, 1.82) is 0 Å². The summed E-state index contributed by atoms with van der Waals surface area (Å²) in [5, 5.41) is 2.81. The molecule has 0 aliphatic carbocycles. The quantitative estimate of drug-likeness (QED) is 0.702. The molecule has 0 spiro atoms. The first-order valence-electron chi connectivity index (χ1n) is 7.47. The van der Waals surface area contributed by atoms with Crippen molar-refractivity contribution in [2.75, 3.05) is 0 Å². The van der Waals surface area contributed by atoms with Crippen molar-refractivity contribution >= 4 is 12.0 Å². The summed E-state index contributed by atoms with van der Waals surface area (Å²) in [6, 6.07) is 16.5. The maximum absolute atomic E-state index is 11.8. The SMILES string of the molecule is O=C(/C=C/c1ccco1)NCc1cccc(Oc2ccccn2)c1. The molecule has 0 radical (unpaired) electrons. The van der Waals surface area contributed by atoms with E-state index in [-0.39, 0.29) is 5.91 Å². The van der Waals surface area contributed by atoms with Gasteiger partial charge < -0.3 is 14.5 Å². The van der Waals surface area contributed by atoms with Crippen molar-refractivity contribution in [1.82, 2.24) is 10.3 Å². The van der Waals surface area contributed by atoms with Gasteiger partial charge in [-0.15, -0.1) is 0 Å². The summed E-state index contributed by atoms with van der Waals surface area (Å²) in [7, 11) is 0. The Labute approximate surface area is 139 Å². The molecular weight excluding hydrogens is 304 g/mol. The minimum absolute atomic E-state index is 0.192. The first kappa shape index (κ1) is 15.6. The summed E-state index contributed by atoms with van der Waals surface area (Å²) < 4.78 is 10.8. The highest BCUT2D eigenvalue weighted by molar-refractivity contribution is 5.91. The van der Waals surface area contributed by atoms with E-state index in [1.54, 1.807) is 36.7 Å². The molecule has 2 heterocycles. The number of carbonyl (C=O) groups is 1. The summed E-state index contributed by atoms with van der Waals surface area (Å²) in [6.07, 6.45) is 6.29. The van der Waals surface area contributed by atoms with E-state index < -0.39 is 0 Å². The lowest BCUT2D eigenvalue weighted by Crippen LogP contribution is -2.20. The van der Waals surface area contributed by atoms with Crippen LogP contribution in [0.5, 0.6) is 11.6 Å². The number of ether oxygens (including phenoxy) is 1. The Morgan fingerprint density at radius 3 is 2.92 bits per heavy atom. The lowest BCUT2D eigenvalue weighted by molar-refractivity contribution is -0.116. The van der Waals surface area contributed by atoms with E-state index in [0.29, 0.717) is 23.9 Å². The van der Waals surface area contributed by atoms with Crippen molar-refractivity contribution in [3.8, 4) is 11.6 Å². The first-order valence-corrected chi connectivity index (χ1v) is 7.47. The smallest absolute Gasteiger partial charge is 0.244 e. The Morgan fingerprint density at radius 2 is 2.12 bits per heavy atom. The average molecular weight is 320 g/mol. The molecule has 5 nitrogen and oxygen atoms in total. The average Bonchev–Trinajstić information content (AvgIpc) is 3.13. The number of hydrogen-bond donors (Lipinski definition) is 1. The van der Waals surface area contributed by atoms with Gasteiger partial charge in [0, 0.05) is 24.9 Å². The zero-order valence-corrected chi connectivity index (χ0v) is 12.9. The van der Waals surface area contributed by atoms with Crippen molar-refractivity contribution in [2.24, 2.45) is 0 Å². The van der Waals surface area contributed by atoms with Crippen LogP contribution in [0.1, 0.15) is 11.3 Å². The van der Waals surface area contributed by atoms with Crippen LogP contribution in [0.15, 0.2) is 77.6 Å². The van der Waals surface area contributed by atoms with Gasteiger partial charge in [0.1, 0.15) is 11.5 Å². The number of benzene rings is 1. The summed E-state index contributed by atoms with van der Waals surface area (Å²) in [5.74, 6) is 1.64. The lowest BCUT2D eigenvalue weighted by Gasteiger charge is -2.07. The third-order valence-electron chi connectivity index (χ3n) is 3.17. The van der Waals surface area contributed by atoms with Crippen molar-refractivity contribution in [3.05, 3.63) is 84.5 Å².